The van der Waals surface area contributed by atoms with Gasteiger partial charge in [0.15, 0.2) is 0 Å². The molecule has 1 N–H and O–H groups in total. The highest BCUT2D eigenvalue weighted by molar-refractivity contribution is 7.15. The molecule has 0 unspecified atom stereocenters. The van der Waals surface area contributed by atoms with Gasteiger partial charge < -0.3 is 5.32 Å². The van der Waals surface area contributed by atoms with Gasteiger partial charge in [-0.1, -0.05) is 11.6 Å². The molecule has 0 saturated heterocycles. The second-order valence-corrected chi connectivity index (χ2v) is 4.93. The second-order valence-electron chi connectivity index (χ2n) is 3.18. The highest BCUT2D eigenvalue weighted by Gasteiger charge is 2.00. The molecule has 0 amide bonds. The zero-order chi connectivity index (χ0) is 10.7. The molecule has 0 aromatic carbocycles. The van der Waals surface area contributed by atoms with Gasteiger partial charge in [0.05, 0.1) is 12.4 Å². The van der Waals surface area contributed by atoms with Crippen LogP contribution >= 0.6 is 22.9 Å². The number of aromatic nitrogens is 3. The number of nitrogens with one attached hydrogen (secondary N) is 1. The van der Waals surface area contributed by atoms with Crippen molar-refractivity contribution in [3.05, 3.63) is 33.5 Å². The average Bonchev–Trinajstić information content (AvgIpc) is 2.76. The van der Waals surface area contributed by atoms with E-state index in [2.05, 4.69) is 15.4 Å². The van der Waals surface area contributed by atoms with Gasteiger partial charge in [0.2, 0.25) is 0 Å². The highest BCUT2D eigenvalue weighted by atomic mass is 35.5. The summed E-state index contributed by atoms with van der Waals surface area (Å²) in [6, 6.07) is 0. The summed E-state index contributed by atoms with van der Waals surface area (Å²) in [7, 11) is 1.91. The predicted octanol–water partition coefficient (Wildman–Crippen LogP) is 1.82. The summed E-state index contributed by atoms with van der Waals surface area (Å²) < 4.78 is 2.52. The van der Waals surface area contributed by atoms with Gasteiger partial charge in [-0.2, -0.15) is 5.10 Å². The fraction of sp³-hybridized carbons (Fsp3) is 0.333. The first kappa shape index (κ1) is 10.6. The van der Waals surface area contributed by atoms with E-state index in [1.807, 2.05) is 19.4 Å². The number of halogens is 1. The normalized spacial score (nSPS) is 10.8. The van der Waals surface area contributed by atoms with E-state index in [9.17, 15) is 0 Å². The van der Waals surface area contributed by atoms with Crippen molar-refractivity contribution >= 4 is 22.9 Å². The number of hydrogen-bond donors (Lipinski definition) is 1. The van der Waals surface area contributed by atoms with Gasteiger partial charge in [0.1, 0.15) is 9.34 Å². The van der Waals surface area contributed by atoms with E-state index in [-0.39, 0.29) is 0 Å². The summed E-state index contributed by atoms with van der Waals surface area (Å²) in [5, 5.41) is 8.37. The molecule has 2 heterocycles. The summed E-state index contributed by atoms with van der Waals surface area (Å²) in [4.78, 5) is 4.16. The Labute approximate surface area is 96.9 Å². The molecule has 0 aliphatic heterocycles. The number of nitrogens with zero attached hydrogens (tertiary/aromatic N) is 3. The minimum Gasteiger partial charge on any atom is -0.306 e. The maximum Gasteiger partial charge on any atom is 0.113 e. The topological polar surface area (TPSA) is 42.7 Å². The summed E-state index contributed by atoms with van der Waals surface area (Å²) in [6.07, 6.45) is 5.51. The third-order valence-electron chi connectivity index (χ3n) is 1.89. The van der Waals surface area contributed by atoms with Crippen LogP contribution in [0.5, 0.6) is 0 Å². The van der Waals surface area contributed by atoms with E-state index >= 15 is 0 Å². The lowest BCUT2D eigenvalue weighted by Crippen LogP contribution is -2.11. The van der Waals surface area contributed by atoms with E-state index in [0.717, 1.165) is 22.4 Å². The number of thiazole rings is 1. The Morgan fingerprint density at radius 1 is 1.47 bits per heavy atom. The van der Waals surface area contributed by atoms with Crippen LogP contribution in [-0.4, -0.2) is 14.8 Å². The first-order valence-electron chi connectivity index (χ1n) is 4.52. The van der Waals surface area contributed by atoms with E-state index in [0.29, 0.717) is 0 Å². The van der Waals surface area contributed by atoms with Crippen molar-refractivity contribution in [1.82, 2.24) is 20.1 Å². The molecule has 0 bridgehead atoms. The lowest BCUT2D eigenvalue weighted by atomic mass is 10.3. The number of aryl methyl sites for hydroxylation is 1. The molecule has 6 heteroatoms. The zero-order valence-electron chi connectivity index (χ0n) is 8.27. The molecule has 80 valence electrons. The Morgan fingerprint density at radius 2 is 2.33 bits per heavy atom. The number of rotatable bonds is 4. The van der Waals surface area contributed by atoms with Gasteiger partial charge in [-0.25, -0.2) is 4.98 Å². The van der Waals surface area contributed by atoms with Gasteiger partial charge in [-0.15, -0.1) is 11.3 Å². The van der Waals surface area contributed by atoms with Gasteiger partial charge in [-0.3, -0.25) is 4.68 Å². The van der Waals surface area contributed by atoms with Crippen LogP contribution in [0, 0.1) is 0 Å². The molecule has 0 aliphatic rings. The fourth-order valence-electron chi connectivity index (χ4n) is 1.25. The average molecular weight is 243 g/mol. The summed E-state index contributed by atoms with van der Waals surface area (Å²) in [5.41, 5.74) is 1.17. The van der Waals surface area contributed by atoms with Crippen molar-refractivity contribution in [2.45, 2.75) is 13.1 Å². The lowest BCUT2D eigenvalue weighted by molar-refractivity contribution is 0.688. The molecular weight excluding hydrogens is 232 g/mol. The molecule has 2 aromatic heterocycles. The molecule has 4 nitrogen and oxygen atoms in total. The first-order chi connectivity index (χ1) is 7.24. The van der Waals surface area contributed by atoms with E-state index in [1.165, 1.54) is 16.9 Å². The van der Waals surface area contributed by atoms with Crippen molar-refractivity contribution in [3.63, 3.8) is 0 Å². The van der Waals surface area contributed by atoms with Crippen molar-refractivity contribution in [3.8, 4) is 0 Å². The van der Waals surface area contributed by atoms with Crippen LogP contribution in [0.3, 0.4) is 0 Å². The minimum atomic E-state index is 0.730. The van der Waals surface area contributed by atoms with Crippen LogP contribution in [0.1, 0.15) is 10.6 Å². The quantitative estimate of drug-likeness (QED) is 0.890. The predicted molar refractivity (Wildman–Crippen MR) is 60.9 cm³/mol. The highest BCUT2D eigenvalue weighted by Crippen LogP contribution is 2.17. The molecule has 0 saturated carbocycles. The van der Waals surface area contributed by atoms with Crippen molar-refractivity contribution in [1.29, 1.82) is 0 Å². The second kappa shape index (κ2) is 4.74. The van der Waals surface area contributed by atoms with E-state index in [1.54, 1.807) is 10.9 Å². The first-order valence-corrected chi connectivity index (χ1v) is 5.72. The van der Waals surface area contributed by atoms with Gasteiger partial charge in [0.25, 0.3) is 0 Å². The van der Waals surface area contributed by atoms with Crippen molar-refractivity contribution < 1.29 is 0 Å². The zero-order valence-corrected chi connectivity index (χ0v) is 9.85. The summed E-state index contributed by atoms with van der Waals surface area (Å²) >= 11 is 7.27. The Kier molecular flexibility index (Phi) is 3.35. The maximum absolute atomic E-state index is 5.77. The SMILES string of the molecule is Cn1cc(CNCc2ncc(Cl)s2)cn1. The molecule has 2 aromatic rings. The van der Waals surface area contributed by atoms with Crippen LogP contribution in [0.2, 0.25) is 4.34 Å². The molecule has 0 atom stereocenters. The summed E-state index contributed by atoms with van der Waals surface area (Å²) in [6.45, 7) is 1.54. The van der Waals surface area contributed by atoms with Crippen molar-refractivity contribution in [2.75, 3.05) is 0 Å². The van der Waals surface area contributed by atoms with Crippen LogP contribution < -0.4 is 5.32 Å². The fourth-order valence-corrected chi connectivity index (χ4v) is 2.17. The Bertz CT molecular complexity index is 397. The van der Waals surface area contributed by atoms with Crippen LogP contribution in [0.4, 0.5) is 0 Å². The number of hydrogen-bond acceptors (Lipinski definition) is 4. The summed E-state index contributed by atoms with van der Waals surface area (Å²) in [5.74, 6) is 0. The minimum absolute atomic E-state index is 0.730. The van der Waals surface area contributed by atoms with Gasteiger partial charge in [0, 0.05) is 31.9 Å². The monoisotopic (exact) mass is 242 g/mol. The lowest BCUT2D eigenvalue weighted by Gasteiger charge is -1.98. The van der Waals surface area contributed by atoms with E-state index < -0.39 is 0 Å². The molecule has 0 fully saturated rings. The Morgan fingerprint density at radius 3 is 2.93 bits per heavy atom. The maximum atomic E-state index is 5.77. The van der Waals surface area contributed by atoms with Crippen LogP contribution in [0.15, 0.2) is 18.6 Å². The Hall–Kier alpha value is -0.910. The van der Waals surface area contributed by atoms with Crippen LogP contribution in [0.25, 0.3) is 0 Å². The van der Waals surface area contributed by atoms with Crippen molar-refractivity contribution in [2.24, 2.45) is 7.05 Å². The third-order valence-corrected chi connectivity index (χ3v) is 3.00. The molecule has 15 heavy (non-hydrogen) atoms. The third kappa shape index (κ3) is 3.02. The standard InChI is InChI=1S/C9H11ClN4S/c1-14-6-7(3-13-14)2-11-5-9-12-4-8(10)15-9/h3-4,6,11H,2,5H2,1H3. The molecule has 2 rings (SSSR count). The molecule has 0 aliphatic carbocycles. The molecule has 0 spiro atoms. The van der Waals surface area contributed by atoms with E-state index in [4.69, 9.17) is 11.6 Å². The Balaban J connectivity index is 1.80. The molecular formula is C9H11ClN4S. The molecule has 0 radical (unpaired) electrons. The van der Waals surface area contributed by atoms with Gasteiger partial charge >= 0.3 is 0 Å². The smallest absolute Gasteiger partial charge is 0.113 e. The largest absolute Gasteiger partial charge is 0.306 e. The van der Waals surface area contributed by atoms with Gasteiger partial charge in [-0.05, 0) is 0 Å². The van der Waals surface area contributed by atoms with Crippen LogP contribution in [-0.2, 0) is 20.1 Å².